The van der Waals surface area contributed by atoms with Crippen molar-refractivity contribution in [3.05, 3.63) is 40.4 Å². The third-order valence-corrected chi connectivity index (χ3v) is 1.75. The molecule has 0 amide bonds. The molecule has 0 aliphatic rings. The van der Waals surface area contributed by atoms with Crippen LogP contribution in [0.15, 0.2) is 29.8 Å². The van der Waals surface area contributed by atoms with Crippen molar-refractivity contribution in [2.75, 3.05) is 6.61 Å². The van der Waals surface area contributed by atoms with Gasteiger partial charge in [0.15, 0.2) is 0 Å². The Morgan fingerprint density at radius 1 is 1.58 bits per heavy atom. The van der Waals surface area contributed by atoms with Crippen LogP contribution in [0.2, 0.25) is 5.02 Å². The zero-order chi connectivity index (χ0) is 8.97. The highest BCUT2D eigenvalue weighted by Gasteiger charge is 1.90. The van der Waals surface area contributed by atoms with E-state index in [1.807, 2.05) is 37.3 Å². The van der Waals surface area contributed by atoms with Gasteiger partial charge in [-0.25, -0.2) is 0 Å². The molecule has 0 fully saturated rings. The van der Waals surface area contributed by atoms with Gasteiger partial charge in [-0.3, -0.25) is 0 Å². The predicted octanol–water partition coefficient (Wildman–Crippen LogP) is 2.74. The highest BCUT2D eigenvalue weighted by molar-refractivity contribution is 6.30. The van der Waals surface area contributed by atoms with E-state index < -0.39 is 0 Å². The molecule has 2 heteroatoms. The maximum absolute atomic E-state index is 8.76. The van der Waals surface area contributed by atoms with Gasteiger partial charge >= 0.3 is 0 Å². The van der Waals surface area contributed by atoms with Crippen molar-refractivity contribution in [3.63, 3.8) is 0 Å². The molecule has 0 radical (unpaired) electrons. The van der Waals surface area contributed by atoms with Gasteiger partial charge in [0.1, 0.15) is 0 Å². The fourth-order valence-corrected chi connectivity index (χ4v) is 1.13. The summed E-state index contributed by atoms with van der Waals surface area (Å²) in [7, 11) is 0. The van der Waals surface area contributed by atoms with Crippen LogP contribution in [-0.4, -0.2) is 11.7 Å². The summed E-state index contributed by atoms with van der Waals surface area (Å²) in [6, 6.07) is 7.53. The summed E-state index contributed by atoms with van der Waals surface area (Å²) < 4.78 is 0. The van der Waals surface area contributed by atoms with Crippen LogP contribution in [0.3, 0.4) is 0 Å². The predicted molar refractivity (Wildman–Crippen MR) is 52.2 cm³/mol. The smallest absolute Gasteiger partial charge is 0.0642 e. The zero-order valence-corrected chi connectivity index (χ0v) is 7.67. The summed E-state index contributed by atoms with van der Waals surface area (Å²) in [5.41, 5.74) is 1.95. The van der Waals surface area contributed by atoms with Crippen molar-refractivity contribution in [2.24, 2.45) is 0 Å². The molecule has 0 atom stereocenters. The Morgan fingerprint density at radius 3 is 2.92 bits per heavy atom. The molecule has 0 bridgehead atoms. The minimum absolute atomic E-state index is 0.0898. The second kappa shape index (κ2) is 4.29. The minimum Gasteiger partial charge on any atom is -0.392 e. The molecule has 1 nitrogen and oxygen atoms in total. The van der Waals surface area contributed by atoms with E-state index in [2.05, 4.69) is 0 Å². The molecule has 0 saturated heterocycles. The second-order valence-corrected chi connectivity index (χ2v) is 3.14. The average molecular weight is 183 g/mol. The highest BCUT2D eigenvalue weighted by atomic mass is 35.5. The van der Waals surface area contributed by atoms with E-state index in [1.165, 1.54) is 0 Å². The molecule has 0 aromatic heterocycles. The standard InChI is InChI=1S/C10H11ClO/c1-8(7-12)5-9-3-2-4-10(11)6-9/h2-6,12H,7H2,1H3/b8-5+. The van der Waals surface area contributed by atoms with Gasteiger partial charge in [0.2, 0.25) is 0 Å². The molecule has 1 aromatic carbocycles. The SMILES string of the molecule is C/C(=C\c1cccc(Cl)c1)CO. The third kappa shape index (κ3) is 2.68. The summed E-state index contributed by atoms with van der Waals surface area (Å²) in [5.74, 6) is 0. The Morgan fingerprint density at radius 2 is 2.33 bits per heavy atom. The van der Waals surface area contributed by atoms with Crippen molar-refractivity contribution in [2.45, 2.75) is 6.92 Å². The van der Waals surface area contributed by atoms with E-state index in [4.69, 9.17) is 16.7 Å². The van der Waals surface area contributed by atoms with Gasteiger partial charge in [-0.1, -0.05) is 29.8 Å². The lowest BCUT2D eigenvalue weighted by molar-refractivity contribution is 0.332. The normalized spacial score (nSPS) is 11.8. The molecule has 64 valence electrons. The van der Waals surface area contributed by atoms with E-state index in [1.54, 1.807) is 0 Å². The molecule has 0 saturated carbocycles. The van der Waals surface area contributed by atoms with Crippen LogP contribution in [-0.2, 0) is 0 Å². The molecular formula is C10H11ClO. The van der Waals surface area contributed by atoms with Gasteiger partial charge in [0, 0.05) is 5.02 Å². The fraction of sp³-hybridized carbons (Fsp3) is 0.200. The number of hydrogen-bond acceptors (Lipinski definition) is 1. The summed E-state index contributed by atoms with van der Waals surface area (Å²) >= 11 is 5.78. The van der Waals surface area contributed by atoms with Crippen molar-refractivity contribution >= 4 is 17.7 Å². The van der Waals surface area contributed by atoms with Gasteiger partial charge in [-0.05, 0) is 30.2 Å². The number of hydrogen-bond donors (Lipinski definition) is 1. The van der Waals surface area contributed by atoms with E-state index in [9.17, 15) is 0 Å². The van der Waals surface area contributed by atoms with Crippen LogP contribution >= 0.6 is 11.6 Å². The van der Waals surface area contributed by atoms with E-state index >= 15 is 0 Å². The summed E-state index contributed by atoms with van der Waals surface area (Å²) in [6.07, 6.45) is 1.91. The maximum atomic E-state index is 8.76. The Bertz CT molecular complexity index is 292. The molecule has 0 aliphatic heterocycles. The van der Waals surface area contributed by atoms with Gasteiger partial charge in [-0.2, -0.15) is 0 Å². The monoisotopic (exact) mass is 182 g/mol. The molecule has 1 aromatic rings. The third-order valence-electron chi connectivity index (χ3n) is 1.51. The van der Waals surface area contributed by atoms with E-state index in [-0.39, 0.29) is 6.61 Å². The lowest BCUT2D eigenvalue weighted by Crippen LogP contribution is -1.83. The molecule has 1 rings (SSSR count). The fourth-order valence-electron chi connectivity index (χ4n) is 0.927. The van der Waals surface area contributed by atoms with Crippen molar-refractivity contribution in [1.29, 1.82) is 0 Å². The molecule has 12 heavy (non-hydrogen) atoms. The van der Waals surface area contributed by atoms with Crippen molar-refractivity contribution in [1.82, 2.24) is 0 Å². The Balaban J connectivity index is 2.89. The summed E-state index contributed by atoms with van der Waals surface area (Å²) in [4.78, 5) is 0. The van der Waals surface area contributed by atoms with Gasteiger partial charge in [0.05, 0.1) is 6.61 Å². The first-order valence-electron chi connectivity index (χ1n) is 3.76. The van der Waals surface area contributed by atoms with Crippen LogP contribution in [0.5, 0.6) is 0 Å². The van der Waals surface area contributed by atoms with Crippen LogP contribution in [0.4, 0.5) is 0 Å². The van der Waals surface area contributed by atoms with Gasteiger partial charge in [-0.15, -0.1) is 0 Å². The first-order chi connectivity index (χ1) is 5.72. The van der Waals surface area contributed by atoms with Crippen LogP contribution < -0.4 is 0 Å². The first-order valence-corrected chi connectivity index (χ1v) is 4.14. The van der Waals surface area contributed by atoms with E-state index in [0.717, 1.165) is 16.2 Å². The lowest BCUT2D eigenvalue weighted by Gasteiger charge is -1.96. The Labute approximate surface area is 77.3 Å². The van der Waals surface area contributed by atoms with Crippen LogP contribution in [0.1, 0.15) is 12.5 Å². The number of aliphatic hydroxyl groups is 1. The molecular weight excluding hydrogens is 172 g/mol. The van der Waals surface area contributed by atoms with Gasteiger partial charge in [0.25, 0.3) is 0 Å². The summed E-state index contributed by atoms with van der Waals surface area (Å²) in [6.45, 7) is 1.97. The summed E-state index contributed by atoms with van der Waals surface area (Å²) in [5, 5.41) is 9.48. The minimum atomic E-state index is 0.0898. The molecule has 0 aliphatic carbocycles. The van der Waals surface area contributed by atoms with Crippen molar-refractivity contribution in [3.8, 4) is 0 Å². The second-order valence-electron chi connectivity index (χ2n) is 2.70. The number of halogens is 1. The molecule has 0 spiro atoms. The van der Waals surface area contributed by atoms with Crippen LogP contribution in [0.25, 0.3) is 6.08 Å². The van der Waals surface area contributed by atoms with Crippen LogP contribution in [0, 0.1) is 0 Å². The highest BCUT2D eigenvalue weighted by Crippen LogP contribution is 2.13. The Hall–Kier alpha value is -0.790. The molecule has 0 heterocycles. The van der Waals surface area contributed by atoms with Gasteiger partial charge < -0.3 is 5.11 Å². The maximum Gasteiger partial charge on any atom is 0.0642 e. The molecule has 0 unspecified atom stereocenters. The van der Waals surface area contributed by atoms with E-state index in [0.29, 0.717) is 0 Å². The zero-order valence-electron chi connectivity index (χ0n) is 6.92. The number of benzene rings is 1. The van der Waals surface area contributed by atoms with Crippen molar-refractivity contribution < 1.29 is 5.11 Å². The quantitative estimate of drug-likeness (QED) is 0.746. The average Bonchev–Trinajstić information content (AvgIpc) is 2.04. The molecule has 1 N–H and O–H groups in total. The Kier molecular flexibility index (Phi) is 3.32. The lowest BCUT2D eigenvalue weighted by atomic mass is 10.1. The number of aliphatic hydroxyl groups excluding tert-OH is 1. The topological polar surface area (TPSA) is 20.2 Å². The first kappa shape index (κ1) is 9.30. The number of rotatable bonds is 2. The largest absolute Gasteiger partial charge is 0.392 e.